The van der Waals surface area contributed by atoms with E-state index in [-0.39, 0.29) is 18.4 Å². The van der Waals surface area contributed by atoms with Gasteiger partial charge in [-0.15, -0.1) is 0 Å². The average Bonchev–Trinajstić information content (AvgIpc) is 3.48. The third kappa shape index (κ3) is 10.2. The van der Waals surface area contributed by atoms with Crippen LogP contribution in [0.25, 0.3) is 0 Å². The van der Waals surface area contributed by atoms with Crippen LogP contribution < -0.4 is 24.4 Å². The Hall–Kier alpha value is -5.03. The zero-order valence-corrected chi connectivity index (χ0v) is 28.2. The Kier molecular flexibility index (Phi) is 11.6. The molecule has 11 heteroatoms. The Morgan fingerprint density at radius 3 is 2.29 bits per heavy atom. The van der Waals surface area contributed by atoms with Crippen molar-refractivity contribution in [1.82, 2.24) is 10.2 Å². The SMILES string of the molecule is Cc1c(NS(C)(=O)=O)cccc1N(Cc1ccccc1)Cc1ccc(Oc2cccc(OCC(=O)NCCCN3CCCC3=O)c2)cc1. The van der Waals surface area contributed by atoms with E-state index >= 15 is 0 Å². The minimum Gasteiger partial charge on any atom is -0.484 e. The van der Waals surface area contributed by atoms with Gasteiger partial charge in [0, 0.05) is 50.9 Å². The summed E-state index contributed by atoms with van der Waals surface area (Å²) in [4.78, 5) is 28.0. The Morgan fingerprint density at radius 1 is 0.875 bits per heavy atom. The van der Waals surface area contributed by atoms with E-state index in [9.17, 15) is 18.0 Å². The normalized spacial score (nSPS) is 12.9. The molecule has 1 saturated heterocycles. The van der Waals surface area contributed by atoms with Crippen molar-refractivity contribution >= 4 is 33.2 Å². The number of ether oxygens (including phenoxy) is 2. The summed E-state index contributed by atoms with van der Waals surface area (Å²) in [5, 5.41) is 2.84. The molecule has 5 rings (SSSR count). The van der Waals surface area contributed by atoms with Gasteiger partial charge in [0.25, 0.3) is 5.91 Å². The van der Waals surface area contributed by atoms with Crippen LogP contribution in [0, 0.1) is 6.92 Å². The van der Waals surface area contributed by atoms with Gasteiger partial charge in [0.1, 0.15) is 17.2 Å². The fourth-order valence-electron chi connectivity index (χ4n) is 5.59. The molecule has 10 nitrogen and oxygen atoms in total. The molecule has 0 spiro atoms. The third-order valence-electron chi connectivity index (χ3n) is 7.96. The number of likely N-dealkylation sites (tertiary alicyclic amines) is 1. The minimum absolute atomic E-state index is 0.118. The first-order chi connectivity index (χ1) is 23.1. The number of amides is 2. The second-order valence-electron chi connectivity index (χ2n) is 11.9. The zero-order chi connectivity index (χ0) is 33.9. The van der Waals surface area contributed by atoms with E-state index in [0.717, 1.165) is 41.6 Å². The number of hydrogen-bond donors (Lipinski definition) is 2. The molecule has 4 aromatic rings. The molecule has 2 amide bonds. The highest BCUT2D eigenvalue weighted by Gasteiger charge is 2.19. The van der Waals surface area contributed by atoms with Crippen molar-refractivity contribution in [2.45, 2.75) is 39.3 Å². The average molecular weight is 671 g/mol. The van der Waals surface area contributed by atoms with E-state index in [1.54, 1.807) is 24.3 Å². The molecule has 1 heterocycles. The van der Waals surface area contributed by atoms with Crippen molar-refractivity contribution in [3.8, 4) is 17.2 Å². The van der Waals surface area contributed by atoms with Gasteiger partial charge in [-0.2, -0.15) is 0 Å². The van der Waals surface area contributed by atoms with Gasteiger partial charge < -0.3 is 24.6 Å². The summed E-state index contributed by atoms with van der Waals surface area (Å²) in [6.07, 6.45) is 3.39. The van der Waals surface area contributed by atoms with Crippen molar-refractivity contribution in [1.29, 1.82) is 0 Å². The summed E-state index contributed by atoms with van der Waals surface area (Å²) in [7, 11) is -3.43. The second-order valence-corrected chi connectivity index (χ2v) is 13.6. The molecule has 1 aliphatic rings. The van der Waals surface area contributed by atoms with Crippen molar-refractivity contribution in [2.75, 3.05) is 42.1 Å². The van der Waals surface area contributed by atoms with Crippen molar-refractivity contribution in [3.63, 3.8) is 0 Å². The van der Waals surface area contributed by atoms with Crippen LogP contribution in [-0.4, -0.2) is 57.6 Å². The summed E-state index contributed by atoms with van der Waals surface area (Å²) in [6.45, 7) is 4.96. The van der Waals surface area contributed by atoms with Crippen molar-refractivity contribution in [3.05, 3.63) is 114 Å². The Morgan fingerprint density at radius 2 is 1.58 bits per heavy atom. The molecular weight excluding hydrogens is 628 g/mol. The maximum atomic E-state index is 12.3. The van der Waals surface area contributed by atoms with Crippen LogP contribution in [0.1, 0.15) is 36.0 Å². The summed E-state index contributed by atoms with van der Waals surface area (Å²) in [6, 6.07) is 30.7. The van der Waals surface area contributed by atoms with Crippen molar-refractivity contribution in [2.24, 2.45) is 0 Å². The van der Waals surface area contributed by atoms with E-state index in [1.165, 1.54) is 0 Å². The molecular formula is C37H42N4O6S. The molecule has 0 atom stereocenters. The molecule has 0 bridgehead atoms. The number of rotatable bonds is 16. The lowest BCUT2D eigenvalue weighted by Crippen LogP contribution is -2.33. The van der Waals surface area contributed by atoms with Crippen LogP contribution in [0.4, 0.5) is 11.4 Å². The second kappa shape index (κ2) is 16.2. The quantitative estimate of drug-likeness (QED) is 0.143. The van der Waals surface area contributed by atoms with Crippen LogP contribution in [0.5, 0.6) is 17.2 Å². The van der Waals surface area contributed by atoms with Gasteiger partial charge in [-0.05, 0) is 72.9 Å². The third-order valence-corrected chi connectivity index (χ3v) is 8.55. The van der Waals surface area contributed by atoms with E-state index < -0.39 is 10.0 Å². The standard InChI is InChI=1S/C37H42N4O6S/c1-28-34(39-48(2,44)45)14-7-15-35(28)41(25-29-10-4-3-5-11-29)26-30-17-19-31(20-18-30)47-33-13-6-12-32(24-33)46-27-36(42)38-21-9-23-40-22-8-16-37(40)43/h3-7,10-15,17-20,24,39H,8-9,16,21-23,25-27H2,1-2H3,(H,38,42). The lowest BCUT2D eigenvalue weighted by molar-refractivity contribution is -0.127. The van der Waals surface area contributed by atoms with Gasteiger partial charge >= 0.3 is 0 Å². The largest absolute Gasteiger partial charge is 0.484 e. The number of sulfonamides is 1. The highest BCUT2D eigenvalue weighted by atomic mass is 32.2. The number of benzene rings is 4. The maximum absolute atomic E-state index is 12.3. The highest BCUT2D eigenvalue weighted by Crippen LogP contribution is 2.31. The number of hydrogen-bond acceptors (Lipinski definition) is 7. The number of anilines is 2. The number of carbonyl (C=O) groups is 2. The van der Waals surface area contributed by atoms with Crippen LogP contribution >= 0.6 is 0 Å². The van der Waals surface area contributed by atoms with Gasteiger partial charge in [-0.1, -0.05) is 54.6 Å². The Balaban J connectivity index is 1.18. The topological polar surface area (TPSA) is 117 Å². The monoisotopic (exact) mass is 670 g/mol. The smallest absolute Gasteiger partial charge is 0.257 e. The predicted octanol–water partition coefficient (Wildman–Crippen LogP) is 5.87. The number of carbonyl (C=O) groups excluding carboxylic acids is 2. The molecule has 0 saturated carbocycles. The molecule has 0 radical (unpaired) electrons. The Bertz CT molecular complexity index is 1800. The summed E-state index contributed by atoms with van der Waals surface area (Å²) < 4.78 is 38.4. The number of nitrogens with zero attached hydrogens (tertiary/aromatic N) is 2. The highest BCUT2D eigenvalue weighted by molar-refractivity contribution is 7.92. The van der Waals surface area contributed by atoms with Crippen LogP contribution in [0.3, 0.4) is 0 Å². The van der Waals surface area contributed by atoms with E-state index in [4.69, 9.17) is 9.47 Å². The molecule has 1 aliphatic heterocycles. The van der Waals surface area contributed by atoms with Crippen LogP contribution in [0.15, 0.2) is 97.1 Å². The molecule has 4 aromatic carbocycles. The van der Waals surface area contributed by atoms with Crippen LogP contribution in [0.2, 0.25) is 0 Å². The molecule has 0 aromatic heterocycles. The fraction of sp³-hybridized carbons (Fsp3) is 0.297. The Labute approximate surface area is 282 Å². The van der Waals surface area contributed by atoms with Gasteiger partial charge in [-0.3, -0.25) is 14.3 Å². The molecule has 252 valence electrons. The van der Waals surface area contributed by atoms with Gasteiger partial charge in [0.15, 0.2) is 6.61 Å². The molecule has 0 aliphatic carbocycles. The summed E-state index contributed by atoms with van der Waals surface area (Å²) >= 11 is 0. The fourth-order valence-corrected chi connectivity index (χ4v) is 6.21. The van der Waals surface area contributed by atoms with E-state index in [1.807, 2.05) is 72.5 Å². The first-order valence-electron chi connectivity index (χ1n) is 16.0. The molecule has 0 unspecified atom stereocenters. The van der Waals surface area contributed by atoms with Gasteiger partial charge in [0.05, 0.1) is 11.9 Å². The first kappa shape index (κ1) is 34.3. The lowest BCUT2D eigenvalue weighted by atomic mass is 10.1. The maximum Gasteiger partial charge on any atom is 0.257 e. The summed E-state index contributed by atoms with van der Waals surface area (Å²) in [5.41, 5.74) is 4.50. The molecule has 48 heavy (non-hydrogen) atoms. The molecule has 2 N–H and O–H groups in total. The predicted molar refractivity (Wildman–Crippen MR) is 188 cm³/mol. The first-order valence-corrected chi connectivity index (χ1v) is 17.9. The number of nitrogens with one attached hydrogen (secondary N) is 2. The minimum atomic E-state index is -3.43. The van der Waals surface area contributed by atoms with Gasteiger partial charge in [-0.25, -0.2) is 8.42 Å². The van der Waals surface area contributed by atoms with E-state index in [2.05, 4.69) is 27.1 Å². The van der Waals surface area contributed by atoms with Gasteiger partial charge in [0.2, 0.25) is 15.9 Å². The van der Waals surface area contributed by atoms with E-state index in [0.29, 0.717) is 62.0 Å². The van der Waals surface area contributed by atoms with Crippen LogP contribution in [-0.2, 0) is 32.7 Å². The zero-order valence-electron chi connectivity index (χ0n) is 27.4. The molecule has 1 fully saturated rings. The summed E-state index contributed by atoms with van der Waals surface area (Å²) in [5.74, 6) is 1.71. The lowest BCUT2D eigenvalue weighted by Gasteiger charge is -2.28. The van der Waals surface area contributed by atoms with Crippen molar-refractivity contribution < 1.29 is 27.5 Å².